The van der Waals surface area contributed by atoms with Gasteiger partial charge in [-0.3, -0.25) is 9.59 Å². The van der Waals surface area contributed by atoms with Gasteiger partial charge in [-0.1, -0.05) is 42.5 Å². The Hall–Kier alpha value is -3.18. The molecule has 0 aliphatic rings. The lowest BCUT2D eigenvalue weighted by Crippen LogP contribution is -2.12. The number of fused-ring (bicyclic) bond motifs is 1. The van der Waals surface area contributed by atoms with E-state index in [1.54, 1.807) is 20.8 Å². The Kier molecular flexibility index (Phi) is 7.72. The van der Waals surface area contributed by atoms with E-state index in [4.69, 9.17) is 5.11 Å². The lowest BCUT2D eigenvalue weighted by molar-refractivity contribution is -0.114. The van der Waals surface area contributed by atoms with Crippen molar-refractivity contribution >= 4 is 28.8 Å². The lowest BCUT2D eigenvalue weighted by Gasteiger charge is -2.17. The molecule has 0 radical (unpaired) electrons. The highest BCUT2D eigenvalue weighted by molar-refractivity contribution is 6.00. The number of benzene rings is 3. The Bertz CT molecular complexity index is 1030. The summed E-state index contributed by atoms with van der Waals surface area (Å²) in [4.78, 5) is 22.2. The molecule has 3 rings (SSSR count). The van der Waals surface area contributed by atoms with Crippen LogP contribution in [0.3, 0.4) is 0 Å². The molecule has 0 fully saturated rings. The smallest absolute Gasteiger partial charge is 0.221 e. The van der Waals surface area contributed by atoms with E-state index in [1.165, 1.54) is 6.92 Å². The maximum Gasteiger partial charge on any atom is 0.221 e. The first-order valence-corrected chi connectivity index (χ1v) is 9.89. The molecule has 158 valence electrons. The maximum atomic E-state index is 11.4. The summed E-state index contributed by atoms with van der Waals surface area (Å²) in [5, 5.41) is 16.4. The minimum Gasteiger partial charge on any atom is -0.391 e. The first-order chi connectivity index (χ1) is 14.1. The lowest BCUT2D eigenvalue weighted by atomic mass is 9.90. The van der Waals surface area contributed by atoms with E-state index in [-0.39, 0.29) is 5.91 Å². The van der Waals surface area contributed by atoms with Crippen molar-refractivity contribution in [1.29, 1.82) is 0 Å². The van der Waals surface area contributed by atoms with Crippen molar-refractivity contribution in [2.24, 2.45) is 0 Å². The van der Waals surface area contributed by atoms with Crippen LogP contribution < -0.4 is 10.6 Å². The highest BCUT2D eigenvalue weighted by Crippen LogP contribution is 2.35. The predicted octanol–water partition coefficient (Wildman–Crippen LogP) is 4.80. The van der Waals surface area contributed by atoms with Crippen molar-refractivity contribution in [3.63, 3.8) is 0 Å². The Labute approximate surface area is 178 Å². The third-order valence-corrected chi connectivity index (χ3v) is 4.21. The standard InChI is InChI=1S/C21H20N2O2.C4H10O/c1-14-10-16-6-3-4-9-19(16)21(20(14)12-22-13-24)17-7-5-8-18(11-17)23-15(2)25;1-4(2,3)5/h3-11,13H,12H2,1-2H3,(H,22,24)(H,23,25);5H,1-3H3. The fourth-order valence-corrected chi connectivity index (χ4v) is 3.19. The Morgan fingerprint density at radius 3 is 2.37 bits per heavy atom. The molecule has 5 nitrogen and oxygen atoms in total. The van der Waals surface area contributed by atoms with Crippen LogP contribution in [0.1, 0.15) is 38.8 Å². The van der Waals surface area contributed by atoms with Crippen LogP contribution in [0.5, 0.6) is 0 Å². The van der Waals surface area contributed by atoms with E-state index >= 15 is 0 Å². The van der Waals surface area contributed by atoms with E-state index in [0.29, 0.717) is 13.0 Å². The van der Waals surface area contributed by atoms with Gasteiger partial charge in [0.1, 0.15) is 0 Å². The quantitative estimate of drug-likeness (QED) is 0.533. The summed E-state index contributed by atoms with van der Waals surface area (Å²) < 4.78 is 0. The average Bonchev–Trinajstić information content (AvgIpc) is 2.64. The molecule has 2 amide bonds. The van der Waals surface area contributed by atoms with E-state index in [0.717, 1.165) is 38.7 Å². The summed E-state index contributed by atoms with van der Waals surface area (Å²) in [6.07, 6.45) is 0.714. The van der Waals surface area contributed by atoms with E-state index < -0.39 is 5.60 Å². The molecule has 3 aromatic rings. The number of nitrogens with one attached hydrogen (secondary N) is 2. The van der Waals surface area contributed by atoms with Gasteiger partial charge < -0.3 is 15.7 Å². The number of carbonyl (C=O) groups is 2. The van der Waals surface area contributed by atoms with Crippen LogP contribution in [0, 0.1) is 6.92 Å². The Morgan fingerprint density at radius 2 is 1.73 bits per heavy atom. The minimum absolute atomic E-state index is 0.103. The number of carbonyl (C=O) groups excluding carboxylic acids is 2. The second-order valence-corrected chi connectivity index (χ2v) is 8.20. The van der Waals surface area contributed by atoms with Gasteiger partial charge in [0, 0.05) is 19.2 Å². The molecule has 0 aliphatic carbocycles. The van der Waals surface area contributed by atoms with Gasteiger partial charge in [0.25, 0.3) is 0 Å². The zero-order chi connectivity index (χ0) is 22.3. The van der Waals surface area contributed by atoms with E-state index in [9.17, 15) is 9.59 Å². The molecular formula is C25H30N2O3. The molecule has 3 N–H and O–H groups in total. The third kappa shape index (κ3) is 6.71. The van der Waals surface area contributed by atoms with Crippen molar-refractivity contribution < 1.29 is 14.7 Å². The fraction of sp³-hybridized carbons (Fsp3) is 0.280. The number of hydrogen-bond acceptors (Lipinski definition) is 3. The number of aryl methyl sites for hydroxylation is 1. The minimum atomic E-state index is -0.500. The number of hydrogen-bond donors (Lipinski definition) is 3. The molecule has 0 heterocycles. The topological polar surface area (TPSA) is 78.4 Å². The average molecular weight is 407 g/mol. The predicted molar refractivity (Wildman–Crippen MR) is 123 cm³/mol. The monoisotopic (exact) mass is 406 g/mol. The number of rotatable bonds is 5. The third-order valence-electron chi connectivity index (χ3n) is 4.21. The van der Waals surface area contributed by atoms with Crippen molar-refractivity contribution in [3.05, 3.63) is 65.7 Å². The van der Waals surface area contributed by atoms with Crippen LogP contribution in [-0.4, -0.2) is 23.0 Å². The van der Waals surface area contributed by atoms with Gasteiger partial charge in [-0.25, -0.2) is 0 Å². The molecule has 0 aromatic heterocycles. The molecule has 5 heteroatoms. The van der Waals surface area contributed by atoms with Gasteiger partial charge in [-0.15, -0.1) is 0 Å². The maximum absolute atomic E-state index is 11.4. The van der Waals surface area contributed by atoms with Crippen LogP contribution in [0.25, 0.3) is 21.9 Å². The van der Waals surface area contributed by atoms with Crippen LogP contribution in [0.4, 0.5) is 5.69 Å². The van der Waals surface area contributed by atoms with Crippen molar-refractivity contribution in [2.45, 2.75) is 46.8 Å². The summed E-state index contributed by atoms with van der Waals surface area (Å²) in [6.45, 7) is 9.23. The van der Waals surface area contributed by atoms with Crippen molar-refractivity contribution in [3.8, 4) is 11.1 Å². The van der Waals surface area contributed by atoms with Crippen LogP contribution >= 0.6 is 0 Å². The normalized spacial score (nSPS) is 10.7. The Morgan fingerprint density at radius 1 is 1.07 bits per heavy atom. The molecule has 30 heavy (non-hydrogen) atoms. The molecular weight excluding hydrogens is 376 g/mol. The Balaban J connectivity index is 0.000000575. The number of aliphatic hydroxyl groups is 1. The van der Waals surface area contributed by atoms with Crippen LogP contribution in [0.2, 0.25) is 0 Å². The van der Waals surface area contributed by atoms with Gasteiger partial charge in [0.2, 0.25) is 12.3 Å². The first-order valence-electron chi connectivity index (χ1n) is 9.89. The molecule has 0 spiro atoms. The highest BCUT2D eigenvalue weighted by atomic mass is 16.3. The van der Waals surface area contributed by atoms with Crippen LogP contribution in [-0.2, 0) is 16.1 Å². The van der Waals surface area contributed by atoms with Gasteiger partial charge in [0.15, 0.2) is 0 Å². The first kappa shape index (κ1) is 23.1. The fourth-order valence-electron chi connectivity index (χ4n) is 3.19. The van der Waals surface area contributed by atoms with Gasteiger partial charge in [-0.2, -0.15) is 0 Å². The zero-order valence-electron chi connectivity index (χ0n) is 18.2. The molecule has 0 bridgehead atoms. The summed E-state index contributed by atoms with van der Waals surface area (Å²) in [5.74, 6) is -0.103. The highest BCUT2D eigenvalue weighted by Gasteiger charge is 2.13. The summed E-state index contributed by atoms with van der Waals surface area (Å²) in [7, 11) is 0. The number of anilines is 1. The molecule has 0 saturated carbocycles. The van der Waals surface area contributed by atoms with E-state index in [2.05, 4.69) is 35.8 Å². The van der Waals surface area contributed by atoms with Crippen molar-refractivity contribution in [1.82, 2.24) is 5.32 Å². The second-order valence-electron chi connectivity index (χ2n) is 8.20. The summed E-state index contributed by atoms with van der Waals surface area (Å²) in [6, 6.07) is 18.1. The largest absolute Gasteiger partial charge is 0.391 e. The zero-order valence-corrected chi connectivity index (χ0v) is 18.2. The van der Waals surface area contributed by atoms with Gasteiger partial charge in [0.05, 0.1) is 5.60 Å². The SMILES string of the molecule is CC(=O)Nc1cccc(-c2c(CNC=O)c(C)cc3ccccc23)c1.CC(C)(C)O. The van der Waals surface area contributed by atoms with E-state index in [1.807, 2.05) is 36.4 Å². The molecule has 3 aromatic carbocycles. The van der Waals surface area contributed by atoms with Crippen LogP contribution in [0.15, 0.2) is 54.6 Å². The van der Waals surface area contributed by atoms with Crippen molar-refractivity contribution in [2.75, 3.05) is 5.32 Å². The summed E-state index contributed by atoms with van der Waals surface area (Å²) >= 11 is 0. The molecule has 0 saturated heterocycles. The molecule has 0 aliphatic heterocycles. The molecule has 0 unspecified atom stereocenters. The molecule has 0 atom stereocenters. The van der Waals surface area contributed by atoms with Gasteiger partial charge in [-0.05, 0) is 72.9 Å². The number of amides is 2. The second kappa shape index (κ2) is 10.0. The summed E-state index contributed by atoms with van der Waals surface area (Å²) in [5.41, 5.74) is 4.54. The van der Waals surface area contributed by atoms with Gasteiger partial charge >= 0.3 is 0 Å².